The van der Waals surface area contributed by atoms with Gasteiger partial charge in [0, 0.05) is 19.1 Å². The largest absolute Gasteiger partial charge is 0.486 e. The minimum atomic E-state index is 0.0875. The summed E-state index contributed by atoms with van der Waals surface area (Å²) < 4.78 is 11.8. The van der Waals surface area contributed by atoms with Crippen molar-refractivity contribution < 1.29 is 9.47 Å². The van der Waals surface area contributed by atoms with Gasteiger partial charge in [0.2, 0.25) is 0 Å². The van der Waals surface area contributed by atoms with Crippen molar-refractivity contribution in [1.29, 1.82) is 0 Å². The molecule has 0 bridgehead atoms. The van der Waals surface area contributed by atoms with Crippen LogP contribution in [0.2, 0.25) is 5.02 Å². The van der Waals surface area contributed by atoms with Crippen molar-refractivity contribution in [2.75, 3.05) is 13.2 Å². The molecule has 0 heterocycles. The number of halogens is 1. The molecule has 3 nitrogen and oxygen atoms in total. The Kier molecular flexibility index (Phi) is 5.70. The number of ether oxygens (including phenoxy) is 2. The van der Waals surface area contributed by atoms with Crippen LogP contribution in [0.4, 0.5) is 0 Å². The summed E-state index contributed by atoms with van der Waals surface area (Å²) in [4.78, 5) is 0. The highest BCUT2D eigenvalue weighted by Gasteiger charge is 2.43. The van der Waals surface area contributed by atoms with E-state index in [-0.39, 0.29) is 12.2 Å². The van der Waals surface area contributed by atoms with Gasteiger partial charge in [0.25, 0.3) is 0 Å². The first-order valence-electron chi connectivity index (χ1n) is 7.43. The second-order valence-electron chi connectivity index (χ2n) is 5.31. The summed E-state index contributed by atoms with van der Waals surface area (Å²) >= 11 is 6.22. The number of benzene rings is 1. The highest BCUT2D eigenvalue weighted by atomic mass is 35.5. The first-order valence-corrected chi connectivity index (χ1v) is 7.81. The number of aryl methyl sites for hydroxylation is 1. The van der Waals surface area contributed by atoms with Gasteiger partial charge in [0.1, 0.15) is 18.0 Å². The van der Waals surface area contributed by atoms with Crippen molar-refractivity contribution in [2.45, 2.75) is 51.9 Å². The Balaban J connectivity index is 1.95. The fourth-order valence-corrected chi connectivity index (χ4v) is 2.79. The average Bonchev–Trinajstić information content (AvgIpc) is 2.41. The zero-order valence-electron chi connectivity index (χ0n) is 12.5. The van der Waals surface area contributed by atoms with Gasteiger partial charge in [-0.1, -0.05) is 24.6 Å². The molecule has 2 rings (SSSR count). The van der Waals surface area contributed by atoms with Crippen LogP contribution in [-0.4, -0.2) is 31.4 Å². The minimum Gasteiger partial charge on any atom is -0.486 e. The first kappa shape index (κ1) is 15.6. The summed E-state index contributed by atoms with van der Waals surface area (Å²) in [6, 6.07) is 6.28. The van der Waals surface area contributed by atoms with Gasteiger partial charge in [0.15, 0.2) is 0 Å². The van der Waals surface area contributed by atoms with Gasteiger partial charge >= 0.3 is 0 Å². The summed E-state index contributed by atoms with van der Waals surface area (Å²) in [5.74, 6) is 0.751. The standard InChI is InChI=1S/C16H24ClNO2/c1-4-8-18-13-10-15(16(13)19-5-2)20-14-7-6-11(3)9-12(14)17/h6-7,9,13,15-16,18H,4-5,8,10H2,1-3H3. The van der Waals surface area contributed by atoms with Gasteiger partial charge in [-0.15, -0.1) is 0 Å². The lowest BCUT2D eigenvalue weighted by Gasteiger charge is -2.44. The molecule has 0 spiro atoms. The van der Waals surface area contributed by atoms with Gasteiger partial charge in [-0.25, -0.2) is 0 Å². The van der Waals surface area contributed by atoms with E-state index in [1.807, 2.05) is 32.0 Å². The van der Waals surface area contributed by atoms with Crippen molar-refractivity contribution in [1.82, 2.24) is 5.32 Å². The van der Waals surface area contributed by atoms with Gasteiger partial charge < -0.3 is 14.8 Å². The van der Waals surface area contributed by atoms with Crippen molar-refractivity contribution in [3.05, 3.63) is 28.8 Å². The molecule has 0 amide bonds. The van der Waals surface area contributed by atoms with Gasteiger partial charge in [0.05, 0.1) is 5.02 Å². The maximum absolute atomic E-state index is 6.22. The van der Waals surface area contributed by atoms with Gasteiger partial charge in [-0.05, 0) is 44.5 Å². The second kappa shape index (κ2) is 7.30. The topological polar surface area (TPSA) is 30.5 Å². The van der Waals surface area contributed by atoms with Crippen molar-refractivity contribution >= 4 is 11.6 Å². The van der Waals surface area contributed by atoms with Crippen LogP contribution in [0.25, 0.3) is 0 Å². The van der Waals surface area contributed by atoms with E-state index in [1.165, 1.54) is 0 Å². The molecule has 1 saturated carbocycles. The quantitative estimate of drug-likeness (QED) is 0.834. The molecule has 1 aromatic carbocycles. The fraction of sp³-hybridized carbons (Fsp3) is 0.625. The van der Waals surface area contributed by atoms with Crippen LogP contribution in [0, 0.1) is 6.92 Å². The van der Waals surface area contributed by atoms with Gasteiger partial charge in [-0.2, -0.15) is 0 Å². The second-order valence-corrected chi connectivity index (χ2v) is 5.71. The Labute approximate surface area is 126 Å². The van der Waals surface area contributed by atoms with Crippen LogP contribution in [-0.2, 0) is 4.74 Å². The zero-order chi connectivity index (χ0) is 14.5. The molecule has 20 heavy (non-hydrogen) atoms. The van der Waals surface area contributed by atoms with E-state index in [4.69, 9.17) is 21.1 Å². The Morgan fingerprint density at radius 1 is 1.35 bits per heavy atom. The molecule has 0 aliphatic heterocycles. The number of hydrogen-bond donors (Lipinski definition) is 1. The summed E-state index contributed by atoms with van der Waals surface area (Å²) in [5.41, 5.74) is 1.14. The molecule has 112 valence electrons. The summed E-state index contributed by atoms with van der Waals surface area (Å²) in [5, 5.41) is 4.18. The highest BCUT2D eigenvalue weighted by Crippen LogP contribution is 2.33. The Hall–Kier alpha value is -0.770. The molecule has 1 fully saturated rings. The van der Waals surface area contributed by atoms with Crippen LogP contribution in [0.1, 0.15) is 32.3 Å². The molecule has 1 aliphatic carbocycles. The number of hydrogen-bond acceptors (Lipinski definition) is 3. The Bertz CT molecular complexity index is 438. The maximum Gasteiger partial charge on any atom is 0.138 e. The molecule has 4 heteroatoms. The first-order chi connectivity index (χ1) is 9.65. The predicted octanol–water partition coefficient (Wildman–Crippen LogP) is 3.57. The number of rotatable bonds is 7. The predicted molar refractivity (Wildman–Crippen MR) is 82.7 cm³/mol. The third-order valence-corrected chi connectivity index (χ3v) is 3.93. The lowest BCUT2D eigenvalue weighted by atomic mass is 9.85. The van der Waals surface area contributed by atoms with Crippen LogP contribution in [0.3, 0.4) is 0 Å². The number of nitrogens with one attached hydrogen (secondary N) is 1. The molecule has 1 aromatic rings. The Morgan fingerprint density at radius 3 is 2.80 bits per heavy atom. The van der Waals surface area contributed by atoms with Crippen molar-refractivity contribution in [3.63, 3.8) is 0 Å². The smallest absolute Gasteiger partial charge is 0.138 e. The van der Waals surface area contributed by atoms with Crippen LogP contribution < -0.4 is 10.1 Å². The molecule has 0 aromatic heterocycles. The Morgan fingerprint density at radius 2 is 2.15 bits per heavy atom. The molecular weight excluding hydrogens is 274 g/mol. The molecule has 0 radical (unpaired) electrons. The molecule has 3 unspecified atom stereocenters. The van der Waals surface area contributed by atoms with E-state index < -0.39 is 0 Å². The van der Waals surface area contributed by atoms with E-state index in [0.29, 0.717) is 17.7 Å². The summed E-state index contributed by atoms with van der Waals surface area (Å²) in [7, 11) is 0. The summed E-state index contributed by atoms with van der Waals surface area (Å²) in [6.07, 6.45) is 2.30. The highest BCUT2D eigenvalue weighted by molar-refractivity contribution is 6.32. The van der Waals surface area contributed by atoms with E-state index in [1.54, 1.807) is 0 Å². The minimum absolute atomic E-state index is 0.0875. The molecular formula is C16H24ClNO2. The van der Waals surface area contributed by atoms with Crippen molar-refractivity contribution in [3.8, 4) is 5.75 Å². The van der Waals surface area contributed by atoms with Crippen molar-refractivity contribution in [2.24, 2.45) is 0 Å². The molecule has 0 saturated heterocycles. The van der Waals surface area contributed by atoms with E-state index in [2.05, 4.69) is 12.2 Å². The lowest BCUT2D eigenvalue weighted by molar-refractivity contribution is -0.104. The lowest BCUT2D eigenvalue weighted by Crippen LogP contribution is -2.61. The summed E-state index contributed by atoms with van der Waals surface area (Å²) in [6.45, 7) is 7.93. The molecule has 1 N–H and O–H groups in total. The van der Waals surface area contributed by atoms with Crippen LogP contribution in [0.15, 0.2) is 18.2 Å². The fourth-order valence-electron chi connectivity index (χ4n) is 2.51. The van der Waals surface area contributed by atoms with Gasteiger partial charge in [-0.3, -0.25) is 0 Å². The van der Waals surface area contributed by atoms with Crippen LogP contribution >= 0.6 is 11.6 Å². The van der Waals surface area contributed by atoms with E-state index in [0.717, 1.165) is 30.7 Å². The molecule has 1 aliphatic rings. The molecule has 3 atom stereocenters. The normalized spacial score (nSPS) is 25.3. The van der Waals surface area contributed by atoms with E-state index >= 15 is 0 Å². The zero-order valence-corrected chi connectivity index (χ0v) is 13.2. The van der Waals surface area contributed by atoms with Crippen LogP contribution in [0.5, 0.6) is 5.75 Å². The SMILES string of the molecule is CCCNC1CC(Oc2ccc(C)cc2Cl)C1OCC. The van der Waals surface area contributed by atoms with E-state index in [9.17, 15) is 0 Å². The third-order valence-electron chi connectivity index (χ3n) is 3.63. The third kappa shape index (κ3) is 3.66. The maximum atomic E-state index is 6.22. The average molecular weight is 298 g/mol. The monoisotopic (exact) mass is 297 g/mol.